The van der Waals surface area contributed by atoms with E-state index in [1.807, 2.05) is 32.9 Å². The van der Waals surface area contributed by atoms with Crippen molar-refractivity contribution in [2.75, 3.05) is 0 Å². The van der Waals surface area contributed by atoms with Crippen molar-refractivity contribution in [3.8, 4) is 0 Å². The molecule has 0 unspecified atom stereocenters. The second kappa shape index (κ2) is 4.00. The first kappa shape index (κ1) is 12.4. The number of hydrogen-bond acceptors (Lipinski definition) is 2. The van der Waals surface area contributed by atoms with Gasteiger partial charge in [-0.25, -0.2) is 4.79 Å². The highest BCUT2D eigenvalue weighted by Crippen LogP contribution is 2.40. The van der Waals surface area contributed by atoms with Gasteiger partial charge >= 0.3 is 5.97 Å². The second-order valence-corrected chi connectivity index (χ2v) is 6.49. The van der Waals surface area contributed by atoms with Crippen LogP contribution in [0.2, 0.25) is 5.02 Å². The molecule has 17 heavy (non-hydrogen) atoms. The fourth-order valence-corrected chi connectivity index (χ4v) is 3.37. The zero-order valence-corrected chi connectivity index (χ0v) is 11.4. The monoisotopic (exact) mass is 268 g/mol. The summed E-state index contributed by atoms with van der Waals surface area (Å²) in [7, 11) is 0. The van der Waals surface area contributed by atoms with Gasteiger partial charge in [-0.1, -0.05) is 32.4 Å². The summed E-state index contributed by atoms with van der Waals surface area (Å²) in [6.45, 7) is 6.05. The lowest BCUT2D eigenvalue weighted by molar-refractivity contribution is 0.0700. The number of carbonyl (C=O) groups is 1. The van der Waals surface area contributed by atoms with Gasteiger partial charge in [-0.05, 0) is 34.6 Å². The van der Waals surface area contributed by atoms with Crippen molar-refractivity contribution >= 4 is 39.0 Å². The van der Waals surface area contributed by atoms with Gasteiger partial charge in [0.15, 0.2) is 0 Å². The topological polar surface area (TPSA) is 37.3 Å². The molecule has 0 bridgehead atoms. The number of halogens is 1. The van der Waals surface area contributed by atoms with Gasteiger partial charge in [-0.3, -0.25) is 0 Å². The van der Waals surface area contributed by atoms with E-state index in [1.54, 1.807) is 6.07 Å². The van der Waals surface area contributed by atoms with Crippen LogP contribution in [0.25, 0.3) is 10.1 Å². The average Bonchev–Trinajstić information content (AvgIpc) is 2.55. The molecule has 0 aliphatic heterocycles. The summed E-state index contributed by atoms with van der Waals surface area (Å²) >= 11 is 7.30. The normalized spacial score (nSPS) is 12.0. The van der Waals surface area contributed by atoms with Gasteiger partial charge in [-0.15, -0.1) is 11.3 Å². The highest BCUT2D eigenvalue weighted by molar-refractivity contribution is 7.21. The lowest BCUT2D eigenvalue weighted by Gasteiger charge is -2.19. The zero-order chi connectivity index (χ0) is 12.8. The van der Waals surface area contributed by atoms with Crippen LogP contribution in [-0.4, -0.2) is 11.1 Å². The standard InChI is InChI=1S/C13H13ClO2S/c1-13(2,3)10-8-6-7(14)4-5-9(8)17-11(10)12(15)16/h4-6H,1-3H3,(H,15,16). The fraction of sp³-hybridized carbons (Fsp3) is 0.308. The van der Waals surface area contributed by atoms with E-state index in [1.165, 1.54) is 11.3 Å². The molecule has 4 heteroatoms. The molecule has 2 aromatic rings. The number of fused-ring (bicyclic) bond motifs is 1. The minimum atomic E-state index is -0.868. The maximum atomic E-state index is 11.3. The highest BCUT2D eigenvalue weighted by atomic mass is 35.5. The first-order chi connectivity index (χ1) is 7.80. The Morgan fingerprint density at radius 2 is 2.00 bits per heavy atom. The summed E-state index contributed by atoms with van der Waals surface area (Å²) in [6, 6.07) is 5.52. The third kappa shape index (κ3) is 2.17. The molecular weight excluding hydrogens is 256 g/mol. The largest absolute Gasteiger partial charge is 0.477 e. The van der Waals surface area contributed by atoms with Crippen LogP contribution in [-0.2, 0) is 5.41 Å². The van der Waals surface area contributed by atoms with Crippen molar-refractivity contribution in [1.82, 2.24) is 0 Å². The summed E-state index contributed by atoms with van der Waals surface area (Å²) < 4.78 is 0.969. The summed E-state index contributed by atoms with van der Waals surface area (Å²) in [5.41, 5.74) is 0.656. The Bertz CT molecular complexity index is 593. The quantitative estimate of drug-likeness (QED) is 0.824. The summed E-state index contributed by atoms with van der Waals surface area (Å²) in [5.74, 6) is -0.868. The number of benzene rings is 1. The number of thiophene rings is 1. The Balaban J connectivity index is 2.87. The Morgan fingerprint density at radius 1 is 1.35 bits per heavy atom. The van der Waals surface area contributed by atoms with Crippen molar-refractivity contribution in [3.05, 3.63) is 33.7 Å². The summed E-state index contributed by atoms with van der Waals surface area (Å²) in [5, 5.41) is 10.9. The summed E-state index contributed by atoms with van der Waals surface area (Å²) in [6.07, 6.45) is 0. The molecule has 0 radical (unpaired) electrons. The van der Waals surface area contributed by atoms with E-state index in [4.69, 9.17) is 11.6 Å². The minimum Gasteiger partial charge on any atom is -0.477 e. The molecule has 2 rings (SSSR count). The predicted molar refractivity (Wildman–Crippen MR) is 72.5 cm³/mol. The first-order valence-electron chi connectivity index (χ1n) is 5.26. The third-order valence-corrected chi connectivity index (χ3v) is 3.99. The third-order valence-electron chi connectivity index (χ3n) is 2.59. The molecule has 90 valence electrons. The molecular formula is C13H13ClO2S. The second-order valence-electron chi connectivity index (χ2n) is 5.00. The minimum absolute atomic E-state index is 0.212. The van der Waals surface area contributed by atoms with Gasteiger partial charge in [0.2, 0.25) is 0 Å². The Morgan fingerprint density at radius 3 is 2.53 bits per heavy atom. The number of hydrogen-bond donors (Lipinski definition) is 1. The number of carboxylic acid groups (broad SMARTS) is 1. The van der Waals surface area contributed by atoms with Crippen LogP contribution in [0.1, 0.15) is 36.0 Å². The van der Waals surface area contributed by atoms with Crippen molar-refractivity contribution < 1.29 is 9.90 Å². The van der Waals surface area contributed by atoms with E-state index in [2.05, 4.69) is 0 Å². The van der Waals surface area contributed by atoms with Crippen LogP contribution >= 0.6 is 22.9 Å². The van der Waals surface area contributed by atoms with Crippen LogP contribution in [0.15, 0.2) is 18.2 Å². The molecule has 0 amide bonds. The Labute approximate surface area is 109 Å². The maximum Gasteiger partial charge on any atom is 0.346 e. The molecule has 0 spiro atoms. The van der Waals surface area contributed by atoms with Crippen molar-refractivity contribution in [1.29, 1.82) is 0 Å². The van der Waals surface area contributed by atoms with E-state index >= 15 is 0 Å². The van der Waals surface area contributed by atoms with Crippen LogP contribution < -0.4 is 0 Å². The first-order valence-corrected chi connectivity index (χ1v) is 6.46. The van der Waals surface area contributed by atoms with E-state index in [0.717, 1.165) is 15.6 Å². The molecule has 0 aliphatic carbocycles. The number of carboxylic acids is 1. The van der Waals surface area contributed by atoms with Gasteiger partial charge in [0.25, 0.3) is 0 Å². The fourth-order valence-electron chi connectivity index (χ4n) is 1.97. The number of aromatic carboxylic acids is 1. The van der Waals surface area contributed by atoms with Crippen LogP contribution in [0, 0.1) is 0 Å². The van der Waals surface area contributed by atoms with Gasteiger partial charge < -0.3 is 5.11 Å². The van der Waals surface area contributed by atoms with Crippen LogP contribution in [0.3, 0.4) is 0 Å². The molecule has 0 aliphatic rings. The van der Waals surface area contributed by atoms with Gasteiger partial charge in [0.05, 0.1) is 0 Å². The molecule has 1 aromatic carbocycles. The molecule has 1 heterocycles. The maximum absolute atomic E-state index is 11.3. The van der Waals surface area contributed by atoms with E-state index in [0.29, 0.717) is 9.90 Å². The zero-order valence-electron chi connectivity index (χ0n) is 9.87. The van der Waals surface area contributed by atoms with Crippen LogP contribution in [0.4, 0.5) is 0 Å². The molecule has 1 aromatic heterocycles. The molecule has 0 saturated carbocycles. The van der Waals surface area contributed by atoms with Crippen molar-refractivity contribution in [2.45, 2.75) is 26.2 Å². The molecule has 0 atom stereocenters. The van der Waals surface area contributed by atoms with Gasteiger partial charge in [-0.2, -0.15) is 0 Å². The van der Waals surface area contributed by atoms with Gasteiger partial charge in [0.1, 0.15) is 4.88 Å². The van der Waals surface area contributed by atoms with Gasteiger partial charge in [0, 0.05) is 9.72 Å². The van der Waals surface area contributed by atoms with Crippen molar-refractivity contribution in [3.63, 3.8) is 0 Å². The number of rotatable bonds is 1. The van der Waals surface area contributed by atoms with Crippen LogP contribution in [0.5, 0.6) is 0 Å². The van der Waals surface area contributed by atoms with Crippen molar-refractivity contribution in [2.24, 2.45) is 0 Å². The Kier molecular flexibility index (Phi) is 2.92. The summed E-state index contributed by atoms with van der Waals surface area (Å²) in [4.78, 5) is 11.7. The molecule has 0 saturated heterocycles. The highest BCUT2D eigenvalue weighted by Gasteiger charge is 2.26. The lowest BCUT2D eigenvalue weighted by atomic mass is 9.85. The van der Waals surface area contributed by atoms with E-state index in [-0.39, 0.29) is 5.41 Å². The SMILES string of the molecule is CC(C)(C)c1c(C(=O)O)sc2ccc(Cl)cc12. The molecule has 1 N–H and O–H groups in total. The predicted octanol–water partition coefficient (Wildman–Crippen LogP) is 4.55. The average molecular weight is 269 g/mol. The van der Waals surface area contributed by atoms with E-state index < -0.39 is 5.97 Å². The Hall–Kier alpha value is -1.06. The molecule has 2 nitrogen and oxygen atoms in total. The lowest BCUT2D eigenvalue weighted by Crippen LogP contribution is -2.14. The smallest absolute Gasteiger partial charge is 0.346 e. The van der Waals surface area contributed by atoms with E-state index in [9.17, 15) is 9.90 Å². The molecule has 0 fully saturated rings.